The van der Waals surface area contributed by atoms with Crippen molar-refractivity contribution >= 4 is 18.3 Å². The molecule has 5 heteroatoms. The number of carbonyl (C=O) groups excluding carboxylic acids is 1. The fourth-order valence-electron chi connectivity index (χ4n) is 3.12. The van der Waals surface area contributed by atoms with Crippen LogP contribution in [0.1, 0.15) is 57.6 Å². The third-order valence-electron chi connectivity index (χ3n) is 4.96. The number of aryl methyl sites for hydroxylation is 1. The van der Waals surface area contributed by atoms with E-state index in [1.165, 1.54) is 0 Å². The highest BCUT2D eigenvalue weighted by Crippen LogP contribution is 2.29. The lowest BCUT2D eigenvalue weighted by Gasteiger charge is -2.34. The van der Waals surface area contributed by atoms with Gasteiger partial charge in [-0.3, -0.25) is 4.79 Å². The molecule has 1 atom stereocenters. The van der Waals surface area contributed by atoms with Gasteiger partial charge in [-0.1, -0.05) is 32.9 Å². The molecule has 2 rings (SSSR count). The third kappa shape index (κ3) is 6.19. The van der Waals surface area contributed by atoms with Gasteiger partial charge in [-0.15, -0.1) is 12.4 Å². The molecular formula is C20H33ClN2O2. The topological polar surface area (TPSA) is 50.4 Å². The van der Waals surface area contributed by atoms with E-state index in [1.54, 1.807) is 0 Å². The minimum absolute atomic E-state index is 0. The maximum absolute atomic E-state index is 12.4. The van der Waals surface area contributed by atoms with E-state index < -0.39 is 6.10 Å². The molecule has 0 aliphatic carbocycles. The van der Waals surface area contributed by atoms with Gasteiger partial charge in [0.2, 0.25) is 0 Å². The second kappa shape index (κ2) is 9.44. The molecule has 1 unspecified atom stereocenters. The van der Waals surface area contributed by atoms with Crippen LogP contribution in [0, 0.1) is 12.3 Å². The highest BCUT2D eigenvalue weighted by Gasteiger charge is 2.28. The van der Waals surface area contributed by atoms with Crippen LogP contribution in [0.4, 0.5) is 0 Å². The van der Waals surface area contributed by atoms with Crippen LogP contribution in [0.3, 0.4) is 0 Å². The normalized spacial score (nSPS) is 17.5. The Labute approximate surface area is 158 Å². The standard InChI is InChI=1S/C20H32N2O2.ClH/c1-14(2)17-7-6-15(3)12-18(17)24-16(4)19(23)22-13-20(5)8-10-21-11-9-20;/h6-7,12,14,16,21H,8-11,13H2,1-5H3,(H,22,23);1H. The first-order valence-electron chi connectivity index (χ1n) is 9.06. The predicted octanol–water partition coefficient (Wildman–Crippen LogP) is 3.81. The Kier molecular flexibility index (Phi) is 8.23. The number of nitrogens with one attached hydrogen (secondary N) is 2. The highest BCUT2D eigenvalue weighted by molar-refractivity contribution is 5.85. The first kappa shape index (κ1) is 21.8. The second-order valence-electron chi connectivity index (χ2n) is 7.73. The Bertz CT molecular complexity index is 569. The molecule has 0 aromatic heterocycles. The molecule has 1 aliphatic heterocycles. The van der Waals surface area contributed by atoms with Crippen LogP contribution in [0.5, 0.6) is 5.75 Å². The van der Waals surface area contributed by atoms with Crippen molar-refractivity contribution in [1.82, 2.24) is 10.6 Å². The van der Waals surface area contributed by atoms with E-state index in [0.717, 1.165) is 42.8 Å². The fraction of sp³-hybridized carbons (Fsp3) is 0.650. The summed E-state index contributed by atoms with van der Waals surface area (Å²) in [6, 6.07) is 6.20. The molecule has 0 bridgehead atoms. The Balaban J connectivity index is 0.00000312. The zero-order valence-corrected chi connectivity index (χ0v) is 17.0. The van der Waals surface area contributed by atoms with Gasteiger partial charge < -0.3 is 15.4 Å². The summed E-state index contributed by atoms with van der Waals surface area (Å²) in [6.45, 7) is 13.2. The maximum atomic E-state index is 12.4. The van der Waals surface area contributed by atoms with Gasteiger partial charge in [0.1, 0.15) is 5.75 Å². The summed E-state index contributed by atoms with van der Waals surface area (Å²) in [4.78, 5) is 12.4. The molecule has 0 spiro atoms. The Morgan fingerprint density at radius 1 is 1.28 bits per heavy atom. The van der Waals surface area contributed by atoms with Gasteiger partial charge in [0.25, 0.3) is 5.91 Å². The fourth-order valence-corrected chi connectivity index (χ4v) is 3.12. The average Bonchev–Trinajstić information content (AvgIpc) is 2.53. The summed E-state index contributed by atoms with van der Waals surface area (Å²) in [5, 5.41) is 6.45. The number of benzene rings is 1. The molecule has 1 aromatic rings. The molecule has 0 radical (unpaired) electrons. The molecule has 0 saturated carbocycles. The monoisotopic (exact) mass is 368 g/mol. The number of carbonyl (C=O) groups is 1. The first-order chi connectivity index (χ1) is 11.3. The van der Waals surface area contributed by atoms with Gasteiger partial charge in [-0.05, 0) is 68.3 Å². The van der Waals surface area contributed by atoms with Crippen LogP contribution in [-0.2, 0) is 4.79 Å². The van der Waals surface area contributed by atoms with Crippen LogP contribution in [-0.4, -0.2) is 31.6 Å². The molecule has 1 aliphatic rings. The zero-order chi connectivity index (χ0) is 17.7. The molecule has 4 nitrogen and oxygen atoms in total. The number of ether oxygens (including phenoxy) is 1. The van der Waals surface area contributed by atoms with Crippen LogP contribution in [0.25, 0.3) is 0 Å². The van der Waals surface area contributed by atoms with E-state index >= 15 is 0 Å². The minimum Gasteiger partial charge on any atom is -0.481 e. The summed E-state index contributed by atoms with van der Waals surface area (Å²) in [7, 11) is 0. The number of hydrogen-bond acceptors (Lipinski definition) is 3. The van der Waals surface area contributed by atoms with Gasteiger partial charge in [0.05, 0.1) is 0 Å². The lowest BCUT2D eigenvalue weighted by molar-refractivity contribution is -0.127. The first-order valence-corrected chi connectivity index (χ1v) is 9.06. The van der Waals surface area contributed by atoms with Gasteiger partial charge in [-0.25, -0.2) is 0 Å². The molecule has 1 heterocycles. The van der Waals surface area contributed by atoms with Crippen molar-refractivity contribution in [3.8, 4) is 5.75 Å². The number of hydrogen-bond donors (Lipinski definition) is 2. The van der Waals surface area contributed by atoms with E-state index in [0.29, 0.717) is 12.5 Å². The number of amides is 1. The van der Waals surface area contributed by atoms with E-state index in [2.05, 4.69) is 43.5 Å². The minimum atomic E-state index is -0.491. The van der Waals surface area contributed by atoms with Crippen LogP contribution < -0.4 is 15.4 Å². The molecular weight excluding hydrogens is 336 g/mol. The van der Waals surface area contributed by atoms with E-state index in [-0.39, 0.29) is 23.7 Å². The molecule has 1 amide bonds. The molecule has 2 N–H and O–H groups in total. The van der Waals surface area contributed by atoms with Crippen molar-refractivity contribution in [1.29, 1.82) is 0 Å². The Morgan fingerprint density at radius 3 is 2.52 bits per heavy atom. The van der Waals surface area contributed by atoms with Crippen molar-refractivity contribution in [2.45, 2.75) is 59.5 Å². The largest absolute Gasteiger partial charge is 0.481 e. The molecule has 1 aromatic carbocycles. The summed E-state index contributed by atoms with van der Waals surface area (Å²) >= 11 is 0. The highest BCUT2D eigenvalue weighted by atomic mass is 35.5. The molecule has 25 heavy (non-hydrogen) atoms. The number of halogens is 1. The number of rotatable bonds is 6. The van der Waals surface area contributed by atoms with Gasteiger partial charge >= 0.3 is 0 Å². The van der Waals surface area contributed by atoms with E-state index in [1.807, 2.05) is 19.9 Å². The summed E-state index contributed by atoms with van der Waals surface area (Å²) in [5.41, 5.74) is 2.47. The zero-order valence-electron chi connectivity index (χ0n) is 16.1. The predicted molar refractivity (Wildman–Crippen MR) is 106 cm³/mol. The number of piperidine rings is 1. The smallest absolute Gasteiger partial charge is 0.260 e. The Hall–Kier alpha value is -1.26. The summed E-state index contributed by atoms with van der Waals surface area (Å²) < 4.78 is 6.00. The van der Waals surface area contributed by atoms with E-state index in [4.69, 9.17) is 4.74 Å². The van der Waals surface area contributed by atoms with Gasteiger partial charge in [0, 0.05) is 6.54 Å². The van der Waals surface area contributed by atoms with Crippen LogP contribution in [0.15, 0.2) is 18.2 Å². The quantitative estimate of drug-likeness (QED) is 0.802. The van der Waals surface area contributed by atoms with Crippen LogP contribution >= 0.6 is 12.4 Å². The van der Waals surface area contributed by atoms with Crippen LogP contribution in [0.2, 0.25) is 0 Å². The Morgan fingerprint density at radius 2 is 1.92 bits per heavy atom. The molecule has 1 fully saturated rings. The van der Waals surface area contributed by atoms with Crippen molar-refractivity contribution in [2.75, 3.05) is 19.6 Å². The maximum Gasteiger partial charge on any atom is 0.260 e. The van der Waals surface area contributed by atoms with Crippen molar-refractivity contribution < 1.29 is 9.53 Å². The van der Waals surface area contributed by atoms with Crippen molar-refractivity contribution in [3.05, 3.63) is 29.3 Å². The summed E-state index contributed by atoms with van der Waals surface area (Å²) in [5.74, 6) is 1.15. The summed E-state index contributed by atoms with van der Waals surface area (Å²) in [6.07, 6.45) is 1.70. The lowest BCUT2D eigenvalue weighted by Crippen LogP contribution is -2.45. The SMILES string of the molecule is Cc1ccc(C(C)C)c(OC(C)C(=O)NCC2(C)CCNCC2)c1.Cl. The van der Waals surface area contributed by atoms with E-state index in [9.17, 15) is 4.79 Å². The van der Waals surface area contributed by atoms with Gasteiger partial charge in [0.15, 0.2) is 6.10 Å². The van der Waals surface area contributed by atoms with Gasteiger partial charge in [-0.2, -0.15) is 0 Å². The molecule has 142 valence electrons. The average molecular weight is 369 g/mol. The second-order valence-corrected chi connectivity index (χ2v) is 7.73. The molecule has 1 saturated heterocycles. The van der Waals surface area contributed by atoms with Crippen molar-refractivity contribution in [3.63, 3.8) is 0 Å². The third-order valence-corrected chi connectivity index (χ3v) is 4.96. The lowest BCUT2D eigenvalue weighted by atomic mass is 9.81. The van der Waals surface area contributed by atoms with Crippen molar-refractivity contribution in [2.24, 2.45) is 5.41 Å².